The second kappa shape index (κ2) is 4.40. The average Bonchev–Trinajstić information content (AvgIpc) is 2.18. The van der Waals surface area contributed by atoms with E-state index in [0.29, 0.717) is 5.70 Å². The van der Waals surface area contributed by atoms with Gasteiger partial charge in [0.2, 0.25) is 0 Å². The van der Waals surface area contributed by atoms with Crippen molar-refractivity contribution in [3.8, 4) is 0 Å². The van der Waals surface area contributed by atoms with Crippen molar-refractivity contribution < 1.29 is 0 Å². The number of hydrogen-bond acceptors (Lipinski definition) is 3. The van der Waals surface area contributed by atoms with E-state index in [1.165, 1.54) is 11.6 Å². The zero-order chi connectivity index (χ0) is 9.68. The fraction of sp³-hybridized carbons (Fsp3) is 0.200. The monoisotopic (exact) mass is 175 g/mol. The second-order valence-corrected chi connectivity index (χ2v) is 2.69. The number of rotatable bonds is 3. The third-order valence-corrected chi connectivity index (χ3v) is 1.79. The van der Waals surface area contributed by atoms with E-state index in [0.717, 1.165) is 18.3 Å². The topological polar surface area (TPSA) is 62.8 Å². The first-order valence-corrected chi connectivity index (χ1v) is 4.19. The highest BCUT2D eigenvalue weighted by atomic mass is 14.7. The van der Waals surface area contributed by atoms with E-state index in [-0.39, 0.29) is 0 Å². The van der Waals surface area contributed by atoms with Crippen LogP contribution in [0.5, 0.6) is 0 Å². The highest BCUT2D eigenvalue weighted by molar-refractivity contribution is 5.80. The molecule has 0 fully saturated rings. The van der Waals surface area contributed by atoms with Crippen molar-refractivity contribution in [1.29, 1.82) is 5.41 Å². The lowest BCUT2D eigenvalue weighted by molar-refractivity contribution is 1.09. The Morgan fingerprint density at radius 3 is 2.85 bits per heavy atom. The number of nitrogens with one attached hydrogen (secondary N) is 1. The molecule has 3 N–H and O–H groups in total. The Morgan fingerprint density at radius 1 is 1.62 bits per heavy atom. The average molecular weight is 175 g/mol. The van der Waals surface area contributed by atoms with Crippen LogP contribution in [0.2, 0.25) is 0 Å². The molecule has 0 aliphatic carbocycles. The summed E-state index contributed by atoms with van der Waals surface area (Å²) >= 11 is 0. The van der Waals surface area contributed by atoms with Gasteiger partial charge in [0, 0.05) is 12.4 Å². The summed E-state index contributed by atoms with van der Waals surface area (Å²) < 4.78 is 0. The number of nitrogens with zero attached hydrogens (tertiary/aromatic N) is 1. The van der Waals surface area contributed by atoms with Crippen molar-refractivity contribution >= 4 is 11.9 Å². The van der Waals surface area contributed by atoms with Gasteiger partial charge in [0.25, 0.3) is 0 Å². The van der Waals surface area contributed by atoms with Gasteiger partial charge in [-0.2, -0.15) is 0 Å². The Labute approximate surface area is 77.8 Å². The van der Waals surface area contributed by atoms with Crippen LogP contribution >= 0.6 is 0 Å². The van der Waals surface area contributed by atoms with Gasteiger partial charge in [-0.25, -0.2) is 0 Å². The van der Waals surface area contributed by atoms with Crippen molar-refractivity contribution in [3.63, 3.8) is 0 Å². The first-order chi connectivity index (χ1) is 6.27. The van der Waals surface area contributed by atoms with Crippen LogP contribution in [0, 0.1) is 5.41 Å². The zero-order valence-electron chi connectivity index (χ0n) is 7.62. The van der Waals surface area contributed by atoms with Gasteiger partial charge in [-0.05, 0) is 24.1 Å². The van der Waals surface area contributed by atoms with E-state index in [1.807, 2.05) is 12.1 Å². The third-order valence-electron chi connectivity index (χ3n) is 1.79. The quantitative estimate of drug-likeness (QED) is 0.685. The number of aryl methyl sites for hydroxylation is 1. The molecule has 0 radical (unpaired) electrons. The molecule has 1 rings (SSSR count). The molecule has 1 aromatic heterocycles. The van der Waals surface area contributed by atoms with Gasteiger partial charge in [0.1, 0.15) is 0 Å². The molecule has 1 heterocycles. The van der Waals surface area contributed by atoms with E-state index in [9.17, 15) is 0 Å². The molecule has 0 spiro atoms. The maximum atomic E-state index is 6.85. The molecule has 1 aromatic rings. The molecular weight excluding hydrogens is 162 g/mol. The number of nitrogens with two attached hydrogens (primary N) is 1. The van der Waals surface area contributed by atoms with Crippen LogP contribution in [0.3, 0.4) is 0 Å². The molecule has 0 saturated heterocycles. The Hall–Kier alpha value is -1.64. The highest BCUT2D eigenvalue weighted by Gasteiger charge is 1.96. The van der Waals surface area contributed by atoms with Gasteiger partial charge < -0.3 is 11.1 Å². The Kier molecular flexibility index (Phi) is 3.20. The lowest BCUT2D eigenvalue weighted by Gasteiger charge is -2.00. The largest absolute Gasteiger partial charge is 0.397 e. The normalized spacial score (nSPS) is 11.3. The maximum Gasteiger partial charge on any atom is 0.0859 e. The van der Waals surface area contributed by atoms with Crippen molar-refractivity contribution in [1.82, 2.24) is 4.98 Å². The molecule has 0 atom stereocenters. The lowest BCUT2D eigenvalue weighted by Crippen LogP contribution is -1.99. The second-order valence-electron chi connectivity index (χ2n) is 2.69. The molecule has 13 heavy (non-hydrogen) atoms. The molecule has 3 heteroatoms. The molecule has 0 amide bonds. The van der Waals surface area contributed by atoms with Crippen LogP contribution < -0.4 is 5.73 Å². The van der Waals surface area contributed by atoms with Gasteiger partial charge in [0.05, 0.1) is 11.4 Å². The molecule has 0 aliphatic rings. The summed E-state index contributed by atoms with van der Waals surface area (Å²) in [6.45, 7) is 2.08. The predicted molar refractivity (Wildman–Crippen MR) is 54.6 cm³/mol. The van der Waals surface area contributed by atoms with Crippen LogP contribution in [-0.2, 0) is 6.42 Å². The first kappa shape index (κ1) is 9.45. The Balaban J connectivity index is 2.91. The minimum atomic E-state index is 0.526. The fourth-order valence-corrected chi connectivity index (χ4v) is 0.980. The summed E-state index contributed by atoms with van der Waals surface area (Å²) in [4.78, 5) is 4.17. The van der Waals surface area contributed by atoms with Crippen molar-refractivity contribution in [2.45, 2.75) is 13.3 Å². The summed E-state index contributed by atoms with van der Waals surface area (Å²) in [5.41, 5.74) is 8.08. The highest BCUT2D eigenvalue weighted by Crippen LogP contribution is 2.06. The van der Waals surface area contributed by atoms with Crippen molar-refractivity contribution in [2.75, 3.05) is 0 Å². The minimum Gasteiger partial charge on any atom is -0.397 e. The van der Waals surface area contributed by atoms with E-state index in [4.69, 9.17) is 11.1 Å². The van der Waals surface area contributed by atoms with Crippen LogP contribution in [0.4, 0.5) is 0 Å². The molecule has 0 unspecified atom stereocenters. The van der Waals surface area contributed by atoms with Gasteiger partial charge in [-0.15, -0.1) is 0 Å². The summed E-state index contributed by atoms with van der Waals surface area (Å²) in [7, 11) is 0. The van der Waals surface area contributed by atoms with E-state index in [2.05, 4.69) is 11.9 Å². The predicted octanol–water partition coefficient (Wildman–Crippen LogP) is 1.59. The maximum absolute atomic E-state index is 6.85. The SMILES string of the molecule is CCc1ccc(C(N)=CC=N)nc1. The minimum absolute atomic E-state index is 0.526. The van der Waals surface area contributed by atoms with Crippen LogP contribution in [0.15, 0.2) is 24.4 Å². The van der Waals surface area contributed by atoms with Crippen LogP contribution in [0.1, 0.15) is 18.2 Å². The van der Waals surface area contributed by atoms with Crippen LogP contribution in [-0.4, -0.2) is 11.2 Å². The number of hydrogen-bond donors (Lipinski definition) is 2. The molecule has 0 saturated carbocycles. The fourth-order valence-electron chi connectivity index (χ4n) is 0.980. The van der Waals surface area contributed by atoms with Crippen molar-refractivity contribution in [3.05, 3.63) is 35.7 Å². The molecule has 0 bridgehead atoms. The molecule has 0 aromatic carbocycles. The molecule has 0 aliphatic heterocycles. The first-order valence-electron chi connectivity index (χ1n) is 4.19. The number of allylic oxidation sites excluding steroid dienone is 1. The van der Waals surface area contributed by atoms with Crippen LogP contribution in [0.25, 0.3) is 5.70 Å². The van der Waals surface area contributed by atoms with E-state index in [1.54, 1.807) is 6.20 Å². The lowest BCUT2D eigenvalue weighted by atomic mass is 10.2. The standard InChI is InChI=1S/C10H13N3/c1-2-8-3-4-10(13-7-8)9(12)5-6-11/h3-7,11H,2,12H2,1H3. The van der Waals surface area contributed by atoms with E-state index < -0.39 is 0 Å². The molecule has 68 valence electrons. The van der Waals surface area contributed by atoms with Gasteiger partial charge in [-0.3, -0.25) is 4.98 Å². The molecular formula is C10H13N3. The van der Waals surface area contributed by atoms with Gasteiger partial charge in [-0.1, -0.05) is 13.0 Å². The Morgan fingerprint density at radius 2 is 2.38 bits per heavy atom. The van der Waals surface area contributed by atoms with Gasteiger partial charge >= 0.3 is 0 Å². The smallest absolute Gasteiger partial charge is 0.0859 e. The Bertz CT molecular complexity index is 311. The summed E-state index contributed by atoms with van der Waals surface area (Å²) in [6, 6.07) is 3.86. The third kappa shape index (κ3) is 2.40. The summed E-state index contributed by atoms with van der Waals surface area (Å²) in [5, 5.41) is 6.85. The van der Waals surface area contributed by atoms with Crippen molar-refractivity contribution in [2.24, 2.45) is 5.73 Å². The number of pyridine rings is 1. The van der Waals surface area contributed by atoms with Gasteiger partial charge in [0.15, 0.2) is 0 Å². The summed E-state index contributed by atoms with van der Waals surface area (Å²) in [5.74, 6) is 0. The molecule has 3 nitrogen and oxygen atoms in total. The number of aromatic nitrogens is 1. The van der Waals surface area contributed by atoms with E-state index >= 15 is 0 Å². The summed E-state index contributed by atoms with van der Waals surface area (Å²) in [6.07, 6.45) is 5.46. The zero-order valence-corrected chi connectivity index (χ0v) is 7.62.